The van der Waals surface area contributed by atoms with Crippen LogP contribution in [0.1, 0.15) is 50.1 Å². The first-order chi connectivity index (χ1) is 8.87. The number of hydrogen-bond donors (Lipinski definition) is 2. The molecule has 1 unspecified atom stereocenters. The van der Waals surface area contributed by atoms with Crippen molar-refractivity contribution in [3.05, 3.63) is 23.0 Å². The number of nitrogens with two attached hydrogens (primary N) is 1. The summed E-state index contributed by atoms with van der Waals surface area (Å²) in [6, 6.07) is 2.16. The summed E-state index contributed by atoms with van der Waals surface area (Å²) in [6.07, 6.45) is 4.07. The number of nitrogens with zero attached hydrogens (tertiary/aromatic N) is 1. The molecule has 1 aromatic rings. The molecule has 1 fully saturated rings. The summed E-state index contributed by atoms with van der Waals surface area (Å²) in [5, 5.41) is 3.66. The largest absolute Gasteiger partial charge is 0.344 e. The van der Waals surface area contributed by atoms with Gasteiger partial charge in [0.1, 0.15) is 5.69 Å². The summed E-state index contributed by atoms with van der Waals surface area (Å²) >= 11 is 6.02. The second kappa shape index (κ2) is 5.17. The van der Waals surface area contributed by atoms with E-state index in [4.69, 9.17) is 17.3 Å². The second-order valence-corrected chi connectivity index (χ2v) is 6.35. The van der Waals surface area contributed by atoms with Crippen LogP contribution in [0.4, 0.5) is 0 Å². The predicted molar refractivity (Wildman–Crippen MR) is 77.5 cm³/mol. The van der Waals surface area contributed by atoms with E-state index in [0.29, 0.717) is 23.3 Å². The van der Waals surface area contributed by atoms with Crippen molar-refractivity contribution in [2.45, 2.75) is 45.2 Å². The average molecular weight is 284 g/mol. The van der Waals surface area contributed by atoms with Gasteiger partial charge in [0.25, 0.3) is 5.91 Å². The van der Waals surface area contributed by atoms with Gasteiger partial charge in [-0.25, -0.2) is 0 Å². The lowest BCUT2D eigenvalue weighted by Gasteiger charge is -2.33. The summed E-state index contributed by atoms with van der Waals surface area (Å²) in [6.45, 7) is 6.50. The van der Waals surface area contributed by atoms with E-state index in [9.17, 15) is 4.79 Å². The molecule has 1 saturated carbocycles. The van der Waals surface area contributed by atoms with E-state index in [2.05, 4.69) is 19.2 Å². The number of halogens is 1. The van der Waals surface area contributed by atoms with E-state index in [1.165, 1.54) is 0 Å². The van der Waals surface area contributed by atoms with Crippen LogP contribution in [-0.4, -0.2) is 22.6 Å². The lowest BCUT2D eigenvalue weighted by atomic mass is 9.88. The monoisotopic (exact) mass is 283 g/mol. The van der Waals surface area contributed by atoms with E-state index < -0.39 is 5.54 Å². The summed E-state index contributed by atoms with van der Waals surface area (Å²) in [4.78, 5) is 12.4. The second-order valence-electron chi connectivity index (χ2n) is 5.91. The maximum absolute atomic E-state index is 12.4. The summed E-state index contributed by atoms with van der Waals surface area (Å²) in [5.74, 6) is 0.168. The van der Waals surface area contributed by atoms with Crippen molar-refractivity contribution in [2.75, 3.05) is 6.54 Å². The number of aromatic nitrogens is 1. The van der Waals surface area contributed by atoms with Gasteiger partial charge in [-0.1, -0.05) is 25.4 Å². The van der Waals surface area contributed by atoms with Crippen molar-refractivity contribution in [3.63, 3.8) is 0 Å². The lowest BCUT2D eigenvalue weighted by Crippen LogP contribution is -2.55. The Kier molecular flexibility index (Phi) is 3.92. The van der Waals surface area contributed by atoms with Crippen LogP contribution in [-0.2, 0) is 0 Å². The number of amides is 1. The highest BCUT2D eigenvalue weighted by molar-refractivity contribution is 6.31. The van der Waals surface area contributed by atoms with Crippen molar-refractivity contribution in [2.24, 2.45) is 11.7 Å². The van der Waals surface area contributed by atoms with E-state index in [1.807, 2.05) is 17.7 Å². The number of carbonyl (C=O) groups excluding carboxylic acids is 1. The van der Waals surface area contributed by atoms with Gasteiger partial charge < -0.3 is 15.6 Å². The van der Waals surface area contributed by atoms with Gasteiger partial charge >= 0.3 is 0 Å². The SMILES string of the molecule is CC(C)C(C)(CN)NC(=O)c1cc(Cl)cn1C1CC1. The van der Waals surface area contributed by atoms with E-state index in [1.54, 1.807) is 6.07 Å². The summed E-state index contributed by atoms with van der Waals surface area (Å²) in [5.41, 5.74) is 6.03. The van der Waals surface area contributed by atoms with Gasteiger partial charge in [0.15, 0.2) is 0 Å². The van der Waals surface area contributed by atoms with Crippen molar-refractivity contribution in [1.82, 2.24) is 9.88 Å². The molecule has 1 atom stereocenters. The maximum atomic E-state index is 12.4. The first kappa shape index (κ1) is 14.4. The minimum absolute atomic E-state index is 0.0968. The molecule has 1 aliphatic carbocycles. The van der Waals surface area contributed by atoms with Crippen molar-refractivity contribution in [1.29, 1.82) is 0 Å². The van der Waals surface area contributed by atoms with Crippen molar-refractivity contribution in [3.8, 4) is 0 Å². The van der Waals surface area contributed by atoms with E-state index >= 15 is 0 Å². The Hall–Kier alpha value is -1.00. The number of nitrogens with one attached hydrogen (secondary N) is 1. The molecule has 3 N–H and O–H groups in total. The Balaban J connectivity index is 2.20. The molecular formula is C14H22ClN3O. The van der Waals surface area contributed by atoms with Crippen LogP contribution in [0.25, 0.3) is 0 Å². The number of hydrogen-bond acceptors (Lipinski definition) is 2. The molecule has 0 spiro atoms. The molecule has 0 radical (unpaired) electrons. The first-order valence-electron chi connectivity index (χ1n) is 6.77. The molecule has 2 rings (SSSR count). The van der Waals surface area contributed by atoms with Crippen molar-refractivity contribution >= 4 is 17.5 Å². The molecule has 1 heterocycles. The Bertz CT molecular complexity index is 479. The Labute approximate surface area is 119 Å². The van der Waals surface area contributed by atoms with Crippen molar-refractivity contribution < 1.29 is 4.79 Å². The molecule has 4 nitrogen and oxygen atoms in total. The quantitative estimate of drug-likeness (QED) is 0.872. The third-order valence-electron chi connectivity index (χ3n) is 4.09. The molecule has 19 heavy (non-hydrogen) atoms. The zero-order chi connectivity index (χ0) is 14.2. The fraction of sp³-hybridized carbons (Fsp3) is 0.643. The van der Waals surface area contributed by atoms with Crippen LogP contribution in [0.5, 0.6) is 0 Å². The normalized spacial score (nSPS) is 18.4. The van der Waals surface area contributed by atoms with Gasteiger partial charge in [-0.15, -0.1) is 0 Å². The standard InChI is InChI=1S/C14H22ClN3O/c1-9(2)14(3,8-16)17-13(19)12-6-10(15)7-18(12)11-4-5-11/h6-7,9,11H,4-5,8,16H2,1-3H3,(H,17,19). The number of rotatable bonds is 5. The zero-order valence-corrected chi connectivity index (χ0v) is 12.5. The first-order valence-corrected chi connectivity index (χ1v) is 7.15. The fourth-order valence-electron chi connectivity index (χ4n) is 2.04. The fourth-order valence-corrected chi connectivity index (χ4v) is 2.25. The minimum atomic E-state index is -0.401. The molecule has 1 aliphatic rings. The van der Waals surface area contributed by atoms with E-state index in [0.717, 1.165) is 12.8 Å². The minimum Gasteiger partial charge on any atom is -0.344 e. The smallest absolute Gasteiger partial charge is 0.268 e. The molecular weight excluding hydrogens is 262 g/mol. The van der Waals surface area contributed by atoms with Crippen LogP contribution in [0.2, 0.25) is 5.02 Å². The summed E-state index contributed by atoms with van der Waals surface area (Å²) < 4.78 is 1.98. The molecule has 0 bridgehead atoms. The highest BCUT2D eigenvalue weighted by Gasteiger charge is 2.32. The van der Waals surface area contributed by atoms with Crippen LogP contribution in [0.15, 0.2) is 12.3 Å². The Morgan fingerprint density at radius 1 is 1.63 bits per heavy atom. The molecule has 0 aliphatic heterocycles. The molecule has 106 valence electrons. The van der Waals surface area contributed by atoms with Crippen LogP contribution >= 0.6 is 11.6 Å². The van der Waals surface area contributed by atoms with Crippen LogP contribution in [0, 0.1) is 5.92 Å². The third-order valence-corrected chi connectivity index (χ3v) is 4.29. The molecule has 1 amide bonds. The van der Waals surface area contributed by atoms with Gasteiger partial charge in [0.2, 0.25) is 0 Å². The van der Waals surface area contributed by atoms with Crippen LogP contribution < -0.4 is 11.1 Å². The zero-order valence-electron chi connectivity index (χ0n) is 11.7. The Morgan fingerprint density at radius 2 is 2.26 bits per heavy atom. The average Bonchev–Trinajstić information content (AvgIpc) is 3.11. The Morgan fingerprint density at radius 3 is 2.74 bits per heavy atom. The highest BCUT2D eigenvalue weighted by Crippen LogP contribution is 2.37. The van der Waals surface area contributed by atoms with Gasteiger partial charge in [0, 0.05) is 18.8 Å². The lowest BCUT2D eigenvalue weighted by molar-refractivity contribution is 0.0873. The molecule has 0 saturated heterocycles. The van der Waals surface area contributed by atoms with Gasteiger partial charge in [0.05, 0.1) is 10.6 Å². The number of carbonyl (C=O) groups is 1. The molecule has 1 aromatic heterocycles. The maximum Gasteiger partial charge on any atom is 0.268 e. The molecule has 0 aromatic carbocycles. The third kappa shape index (κ3) is 2.95. The van der Waals surface area contributed by atoms with Gasteiger partial charge in [-0.2, -0.15) is 0 Å². The summed E-state index contributed by atoms with van der Waals surface area (Å²) in [7, 11) is 0. The van der Waals surface area contributed by atoms with Gasteiger partial charge in [-0.3, -0.25) is 4.79 Å². The topological polar surface area (TPSA) is 60.0 Å². The molecule has 5 heteroatoms. The van der Waals surface area contributed by atoms with Gasteiger partial charge in [-0.05, 0) is 31.7 Å². The van der Waals surface area contributed by atoms with E-state index in [-0.39, 0.29) is 11.8 Å². The predicted octanol–water partition coefficient (Wildman–Crippen LogP) is 2.58. The highest BCUT2D eigenvalue weighted by atomic mass is 35.5. The van der Waals surface area contributed by atoms with Crippen LogP contribution in [0.3, 0.4) is 0 Å².